The normalized spacial score (nSPS) is 18.3. The predicted molar refractivity (Wildman–Crippen MR) is 97.6 cm³/mol. The molecular weight excluding hydrogens is 286 g/mol. The number of carbonyl (C=O) groups is 1. The van der Waals surface area contributed by atoms with Gasteiger partial charge in [-0.25, -0.2) is 4.79 Å². The number of carbonyl (C=O) groups excluding carboxylic acids is 1. The van der Waals surface area contributed by atoms with E-state index in [1.807, 2.05) is 20.8 Å². The van der Waals surface area contributed by atoms with Gasteiger partial charge in [0.05, 0.1) is 6.04 Å². The summed E-state index contributed by atoms with van der Waals surface area (Å²) in [6, 6.07) is 0.0973. The van der Waals surface area contributed by atoms with Gasteiger partial charge in [-0.2, -0.15) is 0 Å². The lowest BCUT2D eigenvalue weighted by atomic mass is 9.84. The monoisotopic (exact) mass is 323 g/mol. The summed E-state index contributed by atoms with van der Waals surface area (Å²) in [4.78, 5) is 12.1. The van der Waals surface area contributed by atoms with Gasteiger partial charge in [-0.1, -0.05) is 58.1 Å². The standard InChI is InChI=1S/C20H37NO2/c1-16(2)11-9-10-14-18(15-17-12-7-6-8-13-17)21-19(22)23-20(3,4)5/h10,14,16-18H,6-9,11-13,15H2,1-5H3,(H,21,22)/t18-/m1/s1. The lowest BCUT2D eigenvalue weighted by Gasteiger charge is -2.27. The zero-order valence-electron chi connectivity index (χ0n) is 15.9. The summed E-state index contributed by atoms with van der Waals surface area (Å²) in [5.41, 5.74) is -0.444. The van der Waals surface area contributed by atoms with Crippen LogP contribution >= 0.6 is 0 Å². The van der Waals surface area contributed by atoms with E-state index in [-0.39, 0.29) is 12.1 Å². The Morgan fingerprint density at radius 1 is 1.22 bits per heavy atom. The number of allylic oxidation sites excluding steroid dienone is 1. The molecule has 23 heavy (non-hydrogen) atoms. The minimum absolute atomic E-state index is 0.0973. The predicted octanol–water partition coefficient (Wildman–Crippen LogP) is 5.84. The fraction of sp³-hybridized carbons (Fsp3) is 0.850. The maximum absolute atomic E-state index is 12.1. The summed E-state index contributed by atoms with van der Waals surface area (Å²) in [5.74, 6) is 1.45. The van der Waals surface area contributed by atoms with Crippen molar-refractivity contribution in [3.05, 3.63) is 12.2 Å². The van der Waals surface area contributed by atoms with Crippen molar-refractivity contribution in [3.8, 4) is 0 Å². The van der Waals surface area contributed by atoms with Gasteiger partial charge in [0, 0.05) is 0 Å². The van der Waals surface area contributed by atoms with Crippen LogP contribution in [0.25, 0.3) is 0 Å². The van der Waals surface area contributed by atoms with Gasteiger partial charge in [0.2, 0.25) is 0 Å². The number of amides is 1. The summed E-state index contributed by atoms with van der Waals surface area (Å²) in [7, 11) is 0. The SMILES string of the molecule is CC(C)CCC=C[C@H](CC1CCCCC1)NC(=O)OC(C)(C)C. The molecule has 1 aliphatic carbocycles. The first-order chi connectivity index (χ1) is 10.8. The Hall–Kier alpha value is -0.990. The molecule has 3 heteroatoms. The Morgan fingerprint density at radius 2 is 1.87 bits per heavy atom. The second kappa shape index (κ2) is 10.00. The quantitative estimate of drug-likeness (QED) is 0.597. The highest BCUT2D eigenvalue weighted by Crippen LogP contribution is 2.27. The molecule has 1 amide bonds. The molecule has 0 aromatic heterocycles. The van der Waals surface area contributed by atoms with Crippen LogP contribution in [0.2, 0.25) is 0 Å². The first-order valence-corrected chi connectivity index (χ1v) is 9.42. The van der Waals surface area contributed by atoms with E-state index in [2.05, 4.69) is 31.3 Å². The highest BCUT2D eigenvalue weighted by atomic mass is 16.6. The van der Waals surface area contributed by atoms with Gasteiger partial charge >= 0.3 is 6.09 Å². The van der Waals surface area contributed by atoms with Gasteiger partial charge in [0.1, 0.15) is 5.60 Å². The number of ether oxygens (including phenoxy) is 1. The van der Waals surface area contributed by atoms with E-state index in [9.17, 15) is 4.79 Å². The van der Waals surface area contributed by atoms with Gasteiger partial charge in [-0.15, -0.1) is 0 Å². The fourth-order valence-corrected chi connectivity index (χ4v) is 3.12. The molecule has 1 aliphatic rings. The van der Waals surface area contributed by atoms with Crippen LogP contribution in [0.5, 0.6) is 0 Å². The first-order valence-electron chi connectivity index (χ1n) is 9.42. The Morgan fingerprint density at radius 3 is 2.43 bits per heavy atom. The van der Waals surface area contributed by atoms with E-state index in [1.165, 1.54) is 38.5 Å². The summed E-state index contributed by atoms with van der Waals surface area (Å²) in [6.45, 7) is 10.2. The van der Waals surface area contributed by atoms with E-state index in [0.29, 0.717) is 0 Å². The number of rotatable bonds is 7. The Labute approximate surface area is 143 Å². The van der Waals surface area contributed by atoms with Crippen molar-refractivity contribution >= 4 is 6.09 Å². The summed E-state index contributed by atoms with van der Waals surface area (Å²) >= 11 is 0. The van der Waals surface area contributed by atoms with Gasteiger partial charge in [-0.05, 0) is 51.9 Å². The maximum atomic E-state index is 12.1. The molecule has 1 N–H and O–H groups in total. The minimum Gasteiger partial charge on any atom is -0.444 e. The lowest BCUT2D eigenvalue weighted by Crippen LogP contribution is -2.39. The van der Waals surface area contributed by atoms with Gasteiger partial charge in [-0.3, -0.25) is 0 Å². The number of alkyl carbamates (subject to hydrolysis) is 1. The Balaban J connectivity index is 2.53. The second-order valence-corrected chi connectivity index (χ2v) is 8.39. The van der Waals surface area contributed by atoms with Crippen molar-refractivity contribution in [1.82, 2.24) is 5.32 Å². The molecular formula is C20H37NO2. The summed E-state index contributed by atoms with van der Waals surface area (Å²) in [6.07, 6.45) is 14.1. The van der Waals surface area contributed by atoms with Crippen molar-refractivity contribution in [2.75, 3.05) is 0 Å². The van der Waals surface area contributed by atoms with Gasteiger partial charge in [0.15, 0.2) is 0 Å². The molecule has 1 saturated carbocycles. The fourth-order valence-electron chi connectivity index (χ4n) is 3.12. The highest BCUT2D eigenvalue weighted by molar-refractivity contribution is 5.68. The van der Waals surface area contributed by atoms with E-state index in [4.69, 9.17) is 4.74 Å². The molecule has 0 radical (unpaired) electrons. The molecule has 0 spiro atoms. The zero-order chi connectivity index (χ0) is 17.3. The van der Waals surface area contributed by atoms with Crippen LogP contribution in [0.1, 0.15) is 86.0 Å². The van der Waals surface area contributed by atoms with E-state index in [1.54, 1.807) is 0 Å². The highest BCUT2D eigenvalue weighted by Gasteiger charge is 2.21. The third-order valence-electron chi connectivity index (χ3n) is 4.29. The van der Waals surface area contributed by atoms with Crippen molar-refractivity contribution in [1.29, 1.82) is 0 Å². The van der Waals surface area contributed by atoms with E-state index >= 15 is 0 Å². The molecule has 1 rings (SSSR count). The third-order valence-corrected chi connectivity index (χ3v) is 4.29. The van der Waals surface area contributed by atoms with Crippen LogP contribution in [0.3, 0.4) is 0 Å². The van der Waals surface area contributed by atoms with Crippen molar-refractivity contribution < 1.29 is 9.53 Å². The summed E-state index contributed by atoms with van der Waals surface area (Å²) in [5, 5.41) is 3.06. The molecule has 134 valence electrons. The maximum Gasteiger partial charge on any atom is 0.408 e. The average Bonchev–Trinajstić information content (AvgIpc) is 2.42. The van der Waals surface area contributed by atoms with Crippen molar-refractivity contribution in [3.63, 3.8) is 0 Å². The Bertz CT molecular complexity index is 362. The van der Waals surface area contributed by atoms with Crippen molar-refractivity contribution in [2.45, 2.75) is 97.6 Å². The van der Waals surface area contributed by atoms with Crippen molar-refractivity contribution in [2.24, 2.45) is 11.8 Å². The average molecular weight is 324 g/mol. The van der Waals surface area contributed by atoms with Gasteiger partial charge in [0.25, 0.3) is 0 Å². The minimum atomic E-state index is -0.444. The van der Waals surface area contributed by atoms with E-state index in [0.717, 1.165) is 24.7 Å². The molecule has 0 bridgehead atoms. The van der Waals surface area contributed by atoms with E-state index < -0.39 is 5.60 Å². The molecule has 1 atom stereocenters. The van der Waals surface area contributed by atoms with Crippen LogP contribution in [-0.2, 0) is 4.74 Å². The molecule has 0 aliphatic heterocycles. The smallest absolute Gasteiger partial charge is 0.408 e. The van der Waals surface area contributed by atoms with Crippen LogP contribution in [-0.4, -0.2) is 17.7 Å². The number of hydrogen-bond acceptors (Lipinski definition) is 2. The summed E-state index contributed by atoms with van der Waals surface area (Å²) < 4.78 is 5.42. The largest absolute Gasteiger partial charge is 0.444 e. The molecule has 0 aromatic carbocycles. The number of hydrogen-bond donors (Lipinski definition) is 1. The molecule has 0 unspecified atom stereocenters. The van der Waals surface area contributed by atoms with Crippen LogP contribution < -0.4 is 5.32 Å². The zero-order valence-corrected chi connectivity index (χ0v) is 15.9. The molecule has 1 fully saturated rings. The van der Waals surface area contributed by atoms with Crippen LogP contribution in [0.4, 0.5) is 4.79 Å². The van der Waals surface area contributed by atoms with Crippen LogP contribution in [0, 0.1) is 11.8 Å². The molecule has 3 nitrogen and oxygen atoms in total. The Kier molecular flexibility index (Phi) is 8.72. The number of nitrogens with one attached hydrogen (secondary N) is 1. The first kappa shape index (κ1) is 20.1. The third kappa shape index (κ3) is 10.4. The molecule has 0 heterocycles. The topological polar surface area (TPSA) is 38.3 Å². The molecule has 0 saturated heterocycles. The van der Waals surface area contributed by atoms with Gasteiger partial charge < -0.3 is 10.1 Å². The molecule has 0 aromatic rings. The second-order valence-electron chi connectivity index (χ2n) is 8.39. The van der Waals surface area contributed by atoms with Crippen LogP contribution in [0.15, 0.2) is 12.2 Å². The lowest BCUT2D eigenvalue weighted by molar-refractivity contribution is 0.0507.